The van der Waals surface area contributed by atoms with Crippen LogP contribution in [-0.2, 0) is 4.79 Å². The van der Waals surface area contributed by atoms with Gasteiger partial charge in [0, 0.05) is 12.2 Å². The lowest BCUT2D eigenvalue weighted by molar-refractivity contribution is -0.115. The maximum Gasteiger partial charge on any atom is 0.238 e. The molecular weight excluding hydrogens is 322 g/mol. The Morgan fingerprint density at radius 1 is 1.45 bits per heavy atom. The molecule has 0 aromatic carbocycles. The first kappa shape index (κ1) is 15.3. The summed E-state index contributed by atoms with van der Waals surface area (Å²) in [5.74, 6) is 1.27. The Hall–Kier alpha value is -1.60. The summed E-state index contributed by atoms with van der Waals surface area (Å²) in [6.45, 7) is 3.79. The lowest BCUT2D eigenvalue weighted by atomic mass is 10.4. The maximum atomic E-state index is 12.2. The number of aryl methyl sites for hydroxylation is 1. The number of hydrogen-bond donors (Lipinski definition) is 1. The lowest BCUT2D eigenvalue weighted by Crippen LogP contribution is -2.23. The van der Waals surface area contributed by atoms with Crippen molar-refractivity contribution in [3.05, 3.63) is 29.2 Å². The van der Waals surface area contributed by atoms with Crippen LogP contribution >= 0.6 is 23.4 Å². The van der Waals surface area contributed by atoms with E-state index in [2.05, 4.69) is 25.1 Å². The van der Waals surface area contributed by atoms with Gasteiger partial charge in [0.15, 0.2) is 5.16 Å². The van der Waals surface area contributed by atoms with Crippen LogP contribution in [0.15, 0.2) is 23.5 Å². The number of thioether (sulfide) groups is 1. The Bertz CT molecular complexity index is 683. The van der Waals surface area contributed by atoms with Gasteiger partial charge in [0.05, 0.1) is 10.3 Å². The van der Waals surface area contributed by atoms with Crippen molar-refractivity contribution in [2.45, 2.75) is 43.1 Å². The summed E-state index contributed by atoms with van der Waals surface area (Å²) < 4.78 is 2.12. The fourth-order valence-corrected chi connectivity index (χ4v) is 3.15. The van der Waals surface area contributed by atoms with Gasteiger partial charge in [-0.2, -0.15) is 0 Å². The van der Waals surface area contributed by atoms with Gasteiger partial charge >= 0.3 is 0 Å². The third-order valence-electron chi connectivity index (χ3n) is 3.38. The van der Waals surface area contributed by atoms with Crippen molar-refractivity contribution < 1.29 is 4.79 Å². The van der Waals surface area contributed by atoms with E-state index in [1.165, 1.54) is 18.0 Å². The molecule has 6 nitrogen and oxygen atoms in total. The van der Waals surface area contributed by atoms with E-state index in [1.54, 1.807) is 12.1 Å². The van der Waals surface area contributed by atoms with Crippen LogP contribution in [0.4, 0.5) is 5.82 Å². The van der Waals surface area contributed by atoms with Gasteiger partial charge in [0.1, 0.15) is 11.6 Å². The quantitative estimate of drug-likeness (QED) is 0.849. The number of aromatic nitrogens is 4. The minimum absolute atomic E-state index is 0.122. The fourth-order valence-electron chi connectivity index (χ4n) is 2.07. The third kappa shape index (κ3) is 3.41. The summed E-state index contributed by atoms with van der Waals surface area (Å²) in [6, 6.07) is 3.86. The molecule has 0 radical (unpaired) electrons. The Kier molecular flexibility index (Phi) is 4.35. The summed E-state index contributed by atoms with van der Waals surface area (Å²) in [7, 11) is 0. The van der Waals surface area contributed by atoms with Crippen LogP contribution < -0.4 is 5.32 Å². The van der Waals surface area contributed by atoms with Crippen LogP contribution in [-0.4, -0.2) is 30.9 Å². The molecule has 1 saturated carbocycles. The molecule has 0 aliphatic heterocycles. The highest BCUT2D eigenvalue weighted by Gasteiger charge is 2.29. The zero-order valence-electron chi connectivity index (χ0n) is 12.3. The standard InChI is InChI=1S/C14H16ClN5OS/c1-8(13(21)17-12-6-3-10(15)7-16-12)22-14-19-18-9(2)20(14)11-4-5-11/h3,6-8,11H,4-5H2,1-2H3,(H,16,17,21)/t8-/m0/s1. The molecule has 2 heterocycles. The third-order valence-corrected chi connectivity index (χ3v) is 4.66. The Labute approximate surface area is 137 Å². The fraction of sp³-hybridized carbons (Fsp3) is 0.429. The van der Waals surface area contributed by atoms with E-state index in [0.29, 0.717) is 16.9 Å². The van der Waals surface area contributed by atoms with Gasteiger partial charge in [-0.05, 0) is 38.8 Å². The molecular formula is C14H16ClN5OS. The molecule has 3 rings (SSSR count). The van der Waals surface area contributed by atoms with Crippen LogP contribution in [0.2, 0.25) is 5.02 Å². The summed E-state index contributed by atoms with van der Waals surface area (Å²) in [5, 5.41) is 12.1. The van der Waals surface area contributed by atoms with Crippen molar-refractivity contribution >= 4 is 35.1 Å². The minimum Gasteiger partial charge on any atom is -0.310 e. The molecule has 8 heteroatoms. The SMILES string of the molecule is Cc1nnc(S[C@@H](C)C(=O)Nc2ccc(Cl)cn2)n1C1CC1. The van der Waals surface area contributed by atoms with Crippen molar-refractivity contribution in [1.29, 1.82) is 0 Å². The monoisotopic (exact) mass is 337 g/mol. The van der Waals surface area contributed by atoms with Gasteiger partial charge in [-0.3, -0.25) is 4.79 Å². The molecule has 2 aromatic rings. The Balaban J connectivity index is 1.65. The molecule has 0 saturated heterocycles. The number of hydrogen-bond acceptors (Lipinski definition) is 5. The van der Waals surface area contributed by atoms with Crippen LogP contribution in [0.5, 0.6) is 0 Å². The van der Waals surface area contributed by atoms with Crippen LogP contribution in [0.1, 0.15) is 31.6 Å². The molecule has 1 aliphatic carbocycles. The number of rotatable bonds is 5. The van der Waals surface area contributed by atoms with Gasteiger partial charge in [0.2, 0.25) is 5.91 Å². The van der Waals surface area contributed by atoms with Gasteiger partial charge in [-0.25, -0.2) is 4.98 Å². The number of nitrogens with zero attached hydrogens (tertiary/aromatic N) is 4. The number of anilines is 1. The van der Waals surface area contributed by atoms with E-state index in [9.17, 15) is 4.79 Å². The molecule has 1 aliphatic rings. The molecule has 0 spiro atoms. The van der Waals surface area contributed by atoms with Gasteiger partial charge in [0.25, 0.3) is 0 Å². The van der Waals surface area contributed by atoms with E-state index >= 15 is 0 Å². The molecule has 1 atom stereocenters. The van der Waals surface area contributed by atoms with Crippen LogP contribution in [0.25, 0.3) is 0 Å². The number of nitrogens with one attached hydrogen (secondary N) is 1. The Morgan fingerprint density at radius 3 is 2.86 bits per heavy atom. The van der Waals surface area contributed by atoms with Crippen molar-refractivity contribution in [1.82, 2.24) is 19.7 Å². The smallest absolute Gasteiger partial charge is 0.238 e. The first-order valence-electron chi connectivity index (χ1n) is 7.05. The zero-order chi connectivity index (χ0) is 15.7. The number of carbonyl (C=O) groups is 1. The molecule has 1 fully saturated rings. The molecule has 1 amide bonds. The van der Waals surface area contributed by atoms with E-state index < -0.39 is 0 Å². The molecule has 0 unspecified atom stereocenters. The molecule has 22 heavy (non-hydrogen) atoms. The summed E-state index contributed by atoms with van der Waals surface area (Å²) in [4.78, 5) is 16.3. The second kappa shape index (κ2) is 6.26. The van der Waals surface area contributed by atoms with Crippen molar-refractivity contribution in [3.63, 3.8) is 0 Å². The van der Waals surface area contributed by atoms with E-state index in [-0.39, 0.29) is 11.2 Å². The van der Waals surface area contributed by atoms with Gasteiger partial charge < -0.3 is 9.88 Å². The van der Waals surface area contributed by atoms with Gasteiger partial charge in [-0.1, -0.05) is 23.4 Å². The van der Waals surface area contributed by atoms with Crippen molar-refractivity contribution in [3.8, 4) is 0 Å². The largest absolute Gasteiger partial charge is 0.310 e. The number of halogens is 1. The lowest BCUT2D eigenvalue weighted by Gasteiger charge is -2.12. The highest BCUT2D eigenvalue weighted by Crippen LogP contribution is 2.39. The highest BCUT2D eigenvalue weighted by atomic mass is 35.5. The number of amides is 1. The summed E-state index contributed by atoms with van der Waals surface area (Å²) in [5.41, 5.74) is 0. The molecule has 2 aromatic heterocycles. The predicted octanol–water partition coefficient (Wildman–Crippen LogP) is 3.09. The average molecular weight is 338 g/mol. The van der Waals surface area contributed by atoms with Crippen molar-refractivity contribution in [2.75, 3.05) is 5.32 Å². The Morgan fingerprint density at radius 2 is 2.23 bits per heavy atom. The number of pyridine rings is 1. The first-order chi connectivity index (χ1) is 10.5. The molecule has 116 valence electrons. The normalized spacial score (nSPS) is 15.6. The second-order valence-corrected chi connectivity index (χ2v) is 6.99. The second-order valence-electron chi connectivity index (χ2n) is 5.24. The summed E-state index contributed by atoms with van der Waals surface area (Å²) >= 11 is 7.19. The topological polar surface area (TPSA) is 72.7 Å². The highest BCUT2D eigenvalue weighted by molar-refractivity contribution is 8.00. The van der Waals surface area contributed by atoms with E-state index in [1.807, 2.05) is 13.8 Å². The summed E-state index contributed by atoms with van der Waals surface area (Å²) in [6.07, 6.45) is 3.81. The van der Waals surface area contributed by atoms with E-state index in [4.69, 9.17) is 11.6 Å². The minimum atomic E-state index is -0.293. The number of carbonyl (C=O) groups excluding carboxylic acids is 1. The van der Waals surface area contributed by atoms with Gasteiger partial charge in [-0.15, -0.1) is 10.2 Å². The average Bonchev–Trinajstić information content (AvgIpc) is 3.26. The van der Waals surface area contributed by atoms with E-state index in [0.717, 1.165) is 23.8 Å². The van der Waals surface area contributed by atoms with Crippen LogP contribution in [0, 0.1) is 6.92 Å². The predicted molar refractivity (Wildman–Crippen MR) is 86.2 cm³/mol. The molecule has 1 N–H and O–H groups in total. The molecule has 0 bridgehead atoms. The van der Waals surface area contributed by atoms with Crippen LogP contribution in [0.3, 0.4) is 0 Å². The first-order valence-corrected chi connectivity index (χ1v) is 8.31. The zero-order valence-corrected chi connectivity index (χ0v) is 13.9. The maximum absolute atomic E-state index is 12.2. The van der Waals surface area contributed by atoms with Crippen molar-refractivity contribution in [2.24, 2.45) is 0 Å².